The molecule has 4 fully saturated rings. The Morgan fingerprint density at radius 1 is 0.885 bits per heavy atom. The molecule has 14 nitrogen and oxygen atoms in total. The number of fused-ring (bicyclic) bond motifs is 4. The monoisotopic (exact) mass is 850 g/mol. The first-order valence-electron chi connectivity index (χ1n) is 20.8. The number of aliphatic hydroxyl groups is 1. The summed E-state index contributed by atoms with van der Waals surface area (Å²) in [4.78, 5) is 61.4. The van der Waals surface area contributed by atoms with Gasteiger partial charge in [-0.1, -0.05) is 36.8 Å². The number of benzene rings is 1. The number of amides is 1. The van der Waals surface area contributed by atoms with Crippen LogP contribution in [0.3, 0.4) is 0 Å². The lowest BCUT2D eigenvalue weighted by molar-refractivity contribution is -0.294. The van der Waals surface area contributed by atoms with E-state index in [1.165, 1.54) is 11.1 Å². The summed E-state index contributed by atoms with van der Waals surface area (Å²) in [6.45, 7) is 5.67. The van der Waals surface area contributed by atoms with Crippen LogP contribution < -0.4 is 5.43 Å². The SMILES string of the molecule is C#CC(F)(F)[C@]1(O)CC[C@H]2[C@@H]3CCC4=C/C(=N/NC(=O)O[C@@H]5O[C@H](COC(C)=O)[C@H](OC(C)=O)[C@H](OC(C)=O)[C@H]5OC(C)=O)CCC4=C3[C@H](c3ccc(C4CC4)cc3)C[C@@]21C. The smallest absolute Gasteiger partial charge is 0.430 e. The number of alkyl halides is 2. The second-order valence-corrected chi connectivity index (χ2v) is 17.3. The van der Waals surface area contributed by atoms with E-state index in [9.17, 15) is 29.1 Å². The van der Waals surface area contributed by atoms with Crippen molar-refractivity contribution in [3.8, 4) is 12.3 Å². The van der Waals surface area contributed by atoms with Crippen LogP contribution in [-0.2, 0) is 47.6 Å². The summed E-state index contributed by atoms with van der Waals surface area (Å²) in [5, 5.41) is 16.2. The molecular weight excluding hydrogens is 798 g/mol. The van der Waals surface area contributed by atoms with Gasteiger partial charge in [-0.3, -0.25) is 19.2 Å². The maximum absolute atomic E-state index is 15.6. The van der Waals surface area contributed by atoms with Gasteiger partial charge in [-0.15, -0.1) is 6.42 Å². The molecule has 0 radical (unpaired) electrons. The lowest BCUT2D eigenvalue weighted by atomic mass is 9.50. The molecule has 0 aromatic heterocycles. The van der Waals surface area contributed by atoms with Gasteiger partial charge in [0.25, 0.3) is 0 Å². The van der Waals surface area contributed by atoms with Crippen LogP contribution in [0.4, 0.5) is 13.6 Å². The number of carbonyl (C=O) groups is 5. The van der Waals surface area contributed by atoms with Gasteiger partial charge in [0.05, 0.1) is 5.71 Å². The zero-order chi connectivity index (χ0) is 44.0. The number of hydrogen-bond donors (Lipinski definition) is 2. The molecule has 1 heterocycles. The Labute approximate surface area is 352 Å². The molecule has 6 aliphatic rings. The summed E-state index contributed by atoms with van der Waals surface area (Å²) in [6.07, 6.45) is 3.76. The van der Waals surface area contributed by atoms with E-state index >= 15 is 8.78 Å². The lowest BCUT2D eigenvalue weighted by Gasteiger charge is -2.55. The molecule has 2 N–H and O–H groups in total. The van der Waals surface area contributed by atoms with Gasteiger partial charge in [0.1, 0.15) is 18.3 Å². The van der Waals surface area contributed by atoms with Crippen molar-refractivity contribution in [2.75, 3.05) is 6.61 Å². The Morgan fingerprint density at radius 2 is 1.52 bits per heavy atom. The first-order valence-corrected chi connectivity index (χ1v) is 20.8. The Morgan fingerprint density at radius 3 is 2.15 bits per heavy atom. The third kappa shape index (κ3) is 8.55. The van der Waals surface area contributed by atoms with Crippen LogP contribution >= 0.6 is 0 Å². The number of halogens is 2. The maximum atomic E-state index is 15.6. The quantitative estimate of drug-likeness (QED) is 0.120. The molecule has 0 spiro atoms. The van der Waals surface area contributed by atoms with Gasteiger partial charge in [0.15, 0.2) is 12.2 Å². The van der Waals surface area contributed by atoms with E-state index < -0.39 is 84.2 Å². The second-order valence-electron chi connectivity index (χ2n) is 17.3. The van der Waals surface area contributed by atoms with Crippen molar-refractivity contribution in [1.29, 1.82) is 0 Å². The van der Waals surface area contributed by atoms with Crippen LogP contribution in [0.1, 0.15) is 115 Å². The number of carbonyl (C=O) groups excluding carboxylic acids is 5. The molecule has 1 saturated heterocycles. The van der Waals surface area contributed by atoms with Gasteiger partial charge >= 0.3 is 35.9 Å². The minimum Gasteiger partial charge on any atom is -0.463 e. The molecule has 61 heavy (non-hydrogen) atoms. The molecule has 5 aliphatic carbocycles. The van der Waals surface area contributed by atoms with Crippen molar-refractivity contribution in [3.05, 3.63) is 58.2 Å². The van der Waals surface area contributed by atoms with Gasteiger partial charge < -0.3 is 33.5 Å². The first-order chi connectivity index (χ1) is 28.9. The van der Waals surface area contributed by atoms with Crippen LogP contribution in [0.2, 0.25) is 0 Å². The minimum absolute atomic E-state index is 0.0465. The number of ether oxygens (including phenoxy) is 6. The summed E-state index contributed by atoms with van der Waals surface area (Å²) in [6, 6.07) is 8.48. The number of terminal acetylenes is 1. The predicted octanol–water partition coefficient (Wildman–Crippen LogP) is 6.06. The summed E-state index contributed by atoms with van der Waals surface area (Å²) in [7, 11) is 0. The molecule has 10 atom stereocenters. The summed E-state index contributed by atoms with van der Waals surface area (Å²) < 4.78 is 63.7. The average molecular weight is 851 g/mol. The molecule has 0 unspecified atom stereocenters. The Balaban J connectivity index is 1.15. The fourth-order valence-corrected chi connectivity index (χ4v) is 10.6. The molecule has 328 valence electrons. The highest BCUT2D eigenvalue weighted by atomic mass is 19.3. The zero-order valence-corrected chi connectivity index (χ0v) is 34.9. The summed E-state index contributed by atoms with van der Waals surface area (Å²) in [5.74, 6) is -5.21. The average Bonchev–Trinajstić information content (AvgIpc) is 4.02. The van der Waals surface area contributed by atoms with E-state index in [2.05, 4.69) is 34.8 Å². The van der Waals surface area contributed by atoms with Gasteiger partial charge in [0, 0.05) is 39.0 Å². The second kappa shape index (κ2) is 17.0. The number of esters is 4. The Bertz CT molecular complexity index is 2090. The summed E-state index contributed by atoms with van der Waals surface area (Å²) >= 11 is 0. The van der Waals surface area contributed by atoms with E-state index in [0.29, 0.717) is 50.2 Å². The molecule has 0 bridgehead atoms. The van der Waals surface area contributed by atoms with E-state index in [1.807, 2.05) is 6.08 Å². The molecule has 3 saturated carbocycles. The predicted molar refractivity (Wildman–Crippen MR) is 211 cm³/mol. The van der Waals surface area contributed by atoms with E-state index in [1.54, 1.807) is 12.8 Å². The molecule has 16 heteroatoms. The zero-order valence-electron chi connectivity index (χ0n) is 34.9. The van der Waals surface area contributed by atoms with E-state index in [-0.39, 0.29) is 24.2 Å². The van der Waals surface area contributed by atoms with Gasteiger partial charge in [-0.2, -0.15) is 13.9 Å². The van der Waals surface area contributed by atoms with Crippen LogP contribution in [0.5, 0.6) is 0 Å². The number of hydrogen-bond acceptors (Lipinski definition) is 13. The molecular formula is C45H52F2N2O12. The highest BCUT2D eigenvalue weighted by Gasteiger charge is 2.71. The number of hydrazone groups is 1. The largest absolute Gasteiger partial charge is 0.463 e. The topological polar surface area (TPSA) is 185 Å². The Kier molecular flexibility index (Phi) is 12.2. The highest BCUT2D eigenvalue weighted by molar-refractivity contribution is 5.98. The van der Waals surface area contributed by atoms with Crippen molar-refractivity contribution in [2.24, 2.45) is 22.4 Å². The highest BCUT2D eigenvalue weighted by Crippen LogP contribution is 2.69. The molecule has 1 aromatic rings. The number of nitrogens with zero attached hydrogens (tertiary/aromatic N) is 1. The van der Waals surface area contributed by atoms with Gasteiger partial charge in [0.2, 0.25) is 12.4 Å². The van der Waals surface area contributed by atoms with Gasteiger partial charge in [-0.25, -0.2) is 10.2 Å². The lowest BCUT2D eigenvalue weighted by Crippen LogP contribution is -2.63. The normalized spacial score (nSPS) is 33.8. The molecule has 1 aromatic carbocycles. The van der Waals surface area contributed by atoms with Crippen LogP contribution in [0, 0.1) is 29.6 Å². The van der Waals surface area contributed by atoms with Crippen LogP contribution in [0.15, 0.2) is 52.2 Å². The van der Waals surface area contributed by atoms with Crippen molar-refractivity contribution >= 4 is 35.7 Å². The minimum atomic E-state index is -3.70. The van der Waals surface area contributed by atoms with Crippen LogP contribution in [-0.4, -0.2) is 89.6 Å². The fraction of sp³-hybridized carbons (Fsp3) is 0.600. The summed E-state index contributed by atoms with van der Waals surface area (Å²) in [5.41, 5.74) is 5.07. The van der Waals surface area contributed by atoms with Crippen LogP contribution in [0.25, 0.3) is 0 Å². The number of rotatable bonds is 10. The third-order valence-electron chi connectivity index (χ3n) is 13.5. The van der Waals surface area contributed by atoms with Crippen molar-refractivity contribution in [3.63, 3.8) is 0 Å². The van der Waals surface area contributed by atoms with E-state index in [4.69, 9.17) is 34.8 Å². The van der Waals surface area contributed by atoms with Gasteiger partial charge in [-0.05, 0) is 110 Å². The van der Waals surface area contributed by atoms with E-state index in [0.717, 1.165) is 57.2 Å². The van der Waals surface area contributed by atoms with Crippen molar-refractivity contribution in [2.45, 2.75) is 146 Å². The maximum Gasteiger partial charge on any atom is 0.430 e. The molecule has 1 amide bonds. The van der Waals surface area contributed by atoms with Crippen molar-refractivity contribution < 1.29 is 66.3 Å². The fourth-order valence-electron chi connectivity index (χ4n) is 10.6. The first kappa shape index (κ1) is 43.9. The molecule has 1 aliphatic heterocycles. The Hall–Kier alpha value is -5.14. The standard InChI is InChI=1S/C45H52F2N2O12/c1-7-45(46,47)44(55)19-18-35-33-16-14-30-20-31(15-17-32(30)37(33)34(21-43(35,44)6)29-12-10-28(11-13-29)27-8-9-27)48-49-42(54)61-41-40(59-26(5)53)39(58-25(4)52)38(57-24(3)51)36(60-41)22-56-23(2)50/h1,10-13,20,27,33-36,38-41,55H,8-9,14-19,21-22H2,2-6H3,(H,49,54)/b48-31+/t33-,34-,35-,36+,38-,39-,40+,41-,43-,44-/m0/s1. The third-order valence-corrected chi connectivity index (χ3v) is 13.5. The number of allylic oxidation sites excluding steroid dienone is 4. The molecule has 7 rings (SSSR count). The van der Waals surface area contributed by atoms with Crippen molar-refractivity contribution in [1.82, 2.24) is 5.43 Å². The number of nitrogens with one attached hydrogen (secondary N) is 1.